The summed E-state index contributed by atoms with van der Waals surface area (Å²) >= 11 is 0. The highest BCUT2D eigenvalue weighted by atomic mass is 32.2. The number of sulfonamides is 1. The lowest BCUT2D eigenvalue weighted by molar-refractivity contribution is 0.268. The summed E-state index contributed by atoms with van der Waals surface area (Å²) in [5, 5.41) is 3.36. The van der Waals surface area contributed by atoms with Gasteiger partial charge in [0, 0.05) is 18.6 Å². The molecule has 0 amide bonds. The zero-order valence-electron chi connectivity index (χ0n) is 10.7. The van der Waals surface area contributed by atoms with Crippen molar-refractivity contribution < 1.29 is 8.42 Å². The minimum absolute atomic E-state index is 0.199. The molecule has 0 spiro atoms. The summed E-state index contributed by atoms with van der Waals surface area (Å²) in [5.41, 5.74) is 0. The Labute approximate surface area is 105 Å². The predicted octanol–water partition coefficient (Wildman–Crippen LogP) is 1.33. The molecule has 2 aliphatic rings. The highest BCUT2D eigenvalue weighted by Crippen LogP contribution is 2.21. The first-order valence-electron chi connectivity index (χ1n) is 6.82. The maximum absolute atomic E-state index is 12.2. The van der Waals surface area contributed by atoms with Crippen LogP contribution in [0.4, 0.5) is 0 Å². The van der Waals surface area contributed by atoms with Gasteiger partial charge in [0.1, 0.15) is 0 Å². The topological polar surface area (TPSA) is 49.4 Å². The number of hydrogen-bond acceptors (Lipinski definition) is 3. The maximum Gasteiger partial charge on any atom is 0.214 e. The smallest absolute Gasteiger partial charge is 0.214 e. The molecule has 0 bridgehead atoms. The van der Waals surface area contributed by atoms with Crippen molar-refractivity contribution in [3.8, 4) is 0 Å². The van der Waals surface area contributed by atoms with E-state index in [-0.39, 0.29) is 6.04 Å². The van der Waals surface area contributed by atoms with Gasteiger partial charge in [0.2, 0.25) is 10.0 Å². The van der Waals surface area contributed by atoms with Crippen LogP contribution in [0, 0.1) is 0 Å². The standard InChI is InChI=1S/C12H24N2O2S/c1-11-5-2-3-9-14(11)17(15,16)10-4-8-13-12-6-7-12/h11-13H,2-10H2,1H3. The minimum Gasteiger partial charge on any atom is -0.314 e. The molecular formula is C12H24N2O2S. The Hall–Kier alpha value is -0.130. The molecular weight excluding hydrogens is 236 g/mol. The average molecular weight is 260 g/mol. The van der Waals surface area contributed by atoms with Gasteiger partial charge >= 0.3 is 0 Å². The van der Waals surface area contributed by atoms with Crippen LogP contribution in [0.1, 0.15) is 45.4 Å². The van der Waals surface area contributed by atoms with Crippen LogP contribution < -0.4 is 5.32 Å². The van der Waals surface area contributed by atoms with Crippen molar-refractivity contribution in [2.24, 2.45) is 0 Å². The SMILES string of the molecule is CC1CCCCN1S(=O)(=O)CCCNC1CC1. The normalized spacial score (nSPS) is 27.2. The van der Waals surface area contributed by atoms with Crippen LogP contribution in [-0.2, 0) is 10.0 Å². The molecule has 1 aliphatic carbocycles. The molecule has 1 heterocycles. The van der Waals surface area contributed by atoms with Gasteiger partial charge in [0.05, 0.1) is 5.75 Å². The van der Waals surface area contributed by atoms with Gasteiger partial charge in [-0.15, -0.1) is 0 Å². The molecule has 0 aromatic heterocycles. The largest absolute Gasteiger partial charge is 0.314 e. The first kappa shape index (κ1) is 13.3. The summed E-state index contributed by atoms with van der Waals surface area (Å²) in [6, 6.07) is 0.872. The summed E-state index contributed by atoms with van der Waals surface area (Å²) in [6.45, 7) is 3.59. The second-order valence-corrected chi connectivity index (χ2v) is 7.39. The monoisotopic (exact) mass is 260 g/mol. The lowest BCUT2D eigenvalue weighted by Gasteiger charge is -2.32. The van der Waals surface area contributed by atoms with Gasteiger partial charge in [-0.25, -0.2) is 8.42 Å². The lowest BCUT2D eigenvalue weighted by Crippen LogP contribution is -2.43. The van der Waals surface area contributed by atoms with Crippen LogP contribution in [0.5, 0.6) is 0 Å². The fourth-order valence-corrected chi connectivity index (χ4v) is 4.26. The van der Waals surface area contributed by atoms with Crippen LogP contribution in [0.25, 0.3) is 0 Å². The van der Waals surface area contributed by atoms with Crippen molar-refractivity contribution in [3.05, 3.63) is 0 Å². The summed E-state index contributed by atoms with van der Waals surface area (Å²) in [5.74, 6) is 0.303. The Bertz CT molecular complexity index is 338. The molecule has 0 radical (unpaired) electrons. The number of nitrogens with zero attached hydrogens (tertiary/aromatic N) is 1. The Morgan fingerprint density at radius 2 is 2.00 bits per heavy atom. The van der Waals surface area contributed by atoms with E-state index in [9.17, 15) is 8.42 Å². The third-order valence-electron chi connectivity index (χ3n) is 3.69. The van der Waals surface area contributed by atoms with E-state index in [1.54, 1.807) is 4.31 Å². The van der Waals surface area contributed by atoms with Gasteiger partial charge in [-0.3, -0.25) is 0 Å². The van der Waals surface area contributed by atoms with Crippen LogP contribution >= 0.6 is 0 Å². The molecule has 1 saturated heterocycles. The van der Waals surface area contributed by atoms with Crippen LogP contribution in [0.2, 0.25) is 0 Å². The molecule has 5 heteroatoms. The van der Waals surface area contributed by atoms with E-state index in [0.717, 1.165) is 38.8 Å². The molecule has 0 aromatic rings. The van der Waals surface area contributed by atoms with Gasteiger partial charge in [-0.2, -0.15) is 4.31 Å². The van der Waals surface area contributed by atoms with Crippen molar-refractivity contribution in [2.75, 3.05) is 18.8 Å². The number of nitrogens with one attached hydrogen (secondary N) is 1. The molecule has 1 atom stereocenters. The summed E-state index contributed by atoms with van der Waals surface area (Å²) < 4.78 is 26.0. The van der Waals surface area contributed by atoms with Gasteiger partial charge in [-0.1, -0.05) is 6.42 Å². The van der Waals surface area contributed by atoms with Gasteiger partial charge < -0.3 is 5.32 Å². The summed E-state index contributed by atoms with van der Waals surface area (Å²) in [7, 11) is -3.02. The molecule has 0 aromatic carbocycles. The fraction of sp³-hybridized carbons (Fsp3) is 1.00. The second-order valence-electron chi connectivity index (χ2n) is 5.35. The molecule has 2 fully saturated rings. The molecule has 1 unspecified atom stereocenters. The van der Waals surface area contributed by atoms with Crippen molar-refractivity contribution in [3.63, 3.8) is 0 Å². The average Bonchev–Trinajstić information content (AvgIpc) is 3.09. The molecule has 100 valence electrons. The third-order valence-corrected chi connectivity index (χ3v) is 5.75. The zero-order chi connectivity index (χ0) is 12.3. The highest BCUT2D eigenvalue weighted by Gasteiger charge is 2.29. The van der Waals surface area contributed by atoms with Crippen LogP contribution in [0.15, 0.2) is 0 Å². The van der Waals surface area contributed by atoms with E-state index in [1.165, 1.54) is 12.8 Å². The maximum atomic E-state index is 12.2. The van der Waals surface area contributed by atoms with E-state index < -0.39 is 10.0 Å². The number of hydrogen-bond donors (Lipinski definition) is 1. The second kappa shape index (κ2) is 5.67. The molecule has 4 nitrogen and oxygen atoms in total. The molecule has 1 saturated carbocycles. The Kier molecular flexibility index (Phi) is 4.44. The molecule has 1 N–H and O–H groups in total. The highest BCUT2D eigenvalue weighted by molar-refractivity contribution is 7.89. The fourth-order valence-electron chi connectivity index (χ4n) is 2.45. The van der Waals surface area contributed by atoms with Crippen molar-refractivity contribution in [1.29, 1.82) is 0 Å². The summed E-state index contributed by atoms with van der Waals surface area (Å²) in [6.07, 6.45) is 6.45. The Morgan fingerprint density at radius 3 is 2.65 bits per heavy atom. The van der Waals surface area contributed by atoms with E-state index in [1.807, 2.05) is 6.92 Å². The van der Waals surface area contributed by atoms with Crippen LogP contribution in [-0.4, -0.2) is 43.6 Å². The van der Waals surface area contributed by atoms with Crippen LogP contribution in [0.3, 0.4) is 0 Å². The van der Waals surface area contributed by atoms with Crippen molar-refractivity contribution in [2.45, 2.75) is 57.5 Å². The van der Waals surface area contributed by atoms with Gasteiger partial charge in [0.25, 0.3) is 0 Å². The molecule has 2 rings (SSSR count). The quantitative estimate of drug-likeness (QED) is 0.733. The molecule has 1 aliphatic heterocycles. The number of piperidine rings is 1. The van der Waals surface area contributed by atoms with E-state index >= 15 is 0 Å². The van der Waals surface area contributed by atoms with Crippen molar-refractivity contribution >= 4 is 10.0 Å². The van der Waals surface area contributed by atoms with E-state index in [0.29, 0.717) is 11.8 Å². The third kappa shape index (κ3) is 3.93. The summed E-state index contributed by atoms with van der Waals surface area (Å²) in [4.78, 5) is 0. The number of rotatable bonds is 6. The van der Waals surface area contributed by atoms with Crippen molar-refractivity contribution in [1.82, 2.24) is 9.62 Å². The van der Waals surface area contributed by atoms with E-state index in [4.69, 9.17) is 0 Å². The first-order chi connectivity index (χ1) is 8.09. The van der Waals surface area contributed by atoms with E-state index in [2.05, 4.69) is 5.32 Å². The van der Waals surface area contributed by atoms with Gasteiger partial charge in [0.15, 0.2) is 0 Å². The lowest BCUT2D eigenvalue weighted by atomic mass is 10.1. The molecule has 17 heavy (non-hydrogen) atoms. The predicted molar refractivity (Wildman–Crippen MR) is 69.4 cm³/mol. The zero-order valence-corrected chi connectivity index (χ0v) is 11.5. The Balaban J connectivity index is 1.75. The Morgan fingerprint density at radius 1 is 1.24 bits per heavy atom. The van der Waals surface area contributed by atoms with Gasteiger partial charge in [-0.05, 0) is 45.6 Å². The minimum atomic E-state index is -3.02. The first-order valence-corrected chi connectivity index (χ1v) is 8.43.